The van der Waals surface area contributed by atoms with Crippen molar-refractivity contribution in [3.05, 3.63) is 59.2 Å². The average molecular weight is 266 g/mol. The predicted octanol–water partition coefficient (Wildman–Crippen LogP) is 3.51. The smallest absolute Gasteiger partial charge is 0.121 e. The van der Waals surface area contributed by atoms with Crippen LogP contribution in [0.1, 0.15) is 16.7 Å². The molecule has 0 amide bonds. The predicted molar refractivity (Wildman–Crippen MR) is 81.0 cm³/mol. The Morgan fingerprint density at radius 1 is 1.15 bits per heavy atom. The molecular weight excluding hydrogens is 248 g/mol. The van der Waals surface area contributed by atoms with Gasteiger partial charge < -0.3 is 9.64 Å². The number of ether oxygens (including phenoxy) is 1. The van der Waals surface area contributed by atoms with Crippen molar-refractivity contribution in [3.63, 3.8) is 0 Å². The van der Waals surface area contributed by atoms with Crippen LogP contribution in [0.3, 0.4) is 0 Å². The topological polar surface area (TPSA) is 36.3 Å². The van der Waals surface area contributed by atoms with Gasteiger partial charge in [0, 0.05) is 25.8 Å². The maximum Gasteiger partial charge on any atom is 0.121 e. The molecule has 3 heteroatoms. The minimum absolute atomic E-state index is 0.508. The standard InChI is InChI=1S/C17H18N2O/c1-13-9-14(11-18)7-8-15(13)12-20-17-6-4-5-16(10-17)19(2)3/h4-10H,12H2,1-3H3. The van der Waals surface area contributed by atoms with Gasteiger partial charge in [0.2, 0.25) is 0 Å². The molecule has 0 N–H and O–H groups in total. The van der Waals surface area contributed by atoms with Crippen molar-refractivity contribution in [2.45, 2.75) is 13.5 Å². The summed E-state index contributed by atoms with van der Waals surface area (Å²) in [5.41, 5.74) is 3.96. The van der Waals surface area contributed by atoms with Crippen LogP contribution >= 0.6 is 0 Å². The van der Waals surface area contributed by atoms with Gasteiger partial charge in [-0.1, -0.05) is 12.1 Å². The third-order valence-corrected chi connectivity index (χ3v) is 3.20. The first kappa shape index (κ1) is 14.0. The molecule has 0 aliphatic rings. The molecule has 20 heavy (non-hydrogen) atoms. The lowest BCUT2D eigenvalue weighted by atomic mass is 10.1. The van der Waals surface area contributed by atoms with Crippen LogP contribution in [0.2, 0.25) is 0 Å². The Labute approximate surface area is 120 Å². The van der Waals surface area contributed by atoms with Crippen molar-refractivity contribution < 1.29 is 4.74 Å². The summed E-state index contributed by atoms with van der Waals surface area (Å²) in [5, 5.41) is 8.86. The Kier molecular flexibility index (Phi) is 4.27. The van der Waals surface area contributed by atoms with E-state index in [-0.39, 0.29) is 0 Å². The molecule has 0 aromatic heterocycles. The van der Waals surface area contributed by atoms with Crippen LogP contribution < -0.4 is 9.64 Å². The quantitative estimate of drug-likeness (QED) is 0.849. The highest BCUT2D eigenvalue weighted by molar-refractivity contribution is 5.49. The zero-order valence-electron chi connectivity index (χ0n) is 12.1. The van der Waals surface area contributed by atoms with Crippen molar-refractivity contribution >= 4 is 5.69 Å². The molecule has 0 fully saturated rings. The van der Waals surface area contributed by atoms with Gasteiger partial charge in [0.15, 0.2) is 0 Å². The molecule has 0 bridgehead atoms. The van der Waals surface area contributed by atoms with E-state index in [1.54, 1.807) is 0 Å². The summed E-state index contributed by atoms with van der Waals surface area (Å²) < 4.78 is 5.83. The summed E-state index contributed by atoms with van der Waals surface area (Å²) in [6, 6.07) is 15.8. The fourth-order valence-electron chi connectivity index (χ4n) is 1.94. The number of benzene rings is 2. The summed E-state index contributed by atoms with van der Waals surface area (Å²) >= 11 is 0. The Morgan fingerprint density at radius 2 is 1.95 bits per heavy atom. The fraction of sp³-hybridized carbons (Fsp3) is 0.235. The highest BCUT2D eigenvalue weighted by atomic mass is 16.5. The van der Waals surface area contributed by atoms with Gasteiger partial charge in [-0.25, -0.2) is 0 Å². The van der Waals surface area contributed by atoms with Crippen LogP contribution in [-0.4, -0.2) is 14.1 Å². The Bertz CT molecular complexity index is 642. The van der Waals surface area contributed by atoms with Crippen molar-refractivity contribution in [2.75, 3.05) is 19.0 Å². The first-order chi connectivity index (χ1) is 9.60. The van der Waals surface area contributed by atoms with Gasteiger partial charge in [-0.3, -0.25) is 0 Å². The first-order valence-corrected chi connectivity index (χ1v) is 6.50. The van der Waals surface area contributed by atoms with Crippen LogP contribution in [0.4, 0.5) is 5.69 Å². The third kappa shape index (κ3) is 3.30. The molecule has 0 heterocycles. The van der Waals surface area contributed by atoms with Crippen molar-refractivity contribution in [3.8, 4) is 11.8 Å². The lowest BCUT2D eigenvalue weighted by Crippen LogP contribution is -2.08. The minimum atomic E-state index is 0.508. The van der Waals surface area contributed by atoms with E-state index >= 15 is 0 Å². The lowest BCUT2D eigenvalue weighted by Gasteiger charge is -2.14. The van der Waals surface area contributed by atoms with Gasteiger partial charge in [-0.05, 0) is 42.3 Å². The van der Waals surface area contributed by atoms with E-state index in [0.717, 1.165) is 22.6 Å². The number of anilines is 1. The van der Waals surface area contributed by atoms with Crippen LogP contribution in [-0.2, 0) is 6.61 Å². The zero-order valence-corrected chi connectivity index (χ0v) is 12.1. The SMILES string of the molecule is Cc1cc(C#N)ccc1COc1cccc(N(C)C)c1. The molecule has 2 aromatic carbocycles. The van der Waals surface area contributed by atoms with Gasteiger partial charge in [-0.2, -0.15) is 5.26 Å². The first-order valence-electron chi connectivity index (χ1n) is 6.50. The zero-order chi connectivity index (χ0) is 14.5. The van der Waals surface area contributed by atoms with Crippen LogP contribution in [0.15, 0.2) is 42.5 Å². The highest BCUT2D eigenvalue weighted by Gasteiger charge is 2.03. The van der Waals surface area contributed by atoms with Crippen molar-refractivity contribution in [1.82, 2.24) is 0 Å². The molecule has 0 atom stereocenters. The number of rotatable bonds is 4. The number of nitrogens with zero attached hydrogens (tertiary/aromatic N) is 2. The molecule has 0 aliphatic carbocycles. The monoisotopic (exact) mass is 266 g/mol. The summed E-state index contributed by atoms with van der Waals surface area (Å²) in [7, 11) is 4.01. The average Bonchev–Trinajstić information content (AvgIpc) is 2.46. The molecular formula is C17H18N2O. The van der Waals surface area contributed by atoms with E-state index in [9.17, 15) is 0 Å². The third-order valence-electron chi connectivity index (χ3n) is 3.20. The Hall–Kier alpha value is -2.47. The van der Waals surface area contributed by atoms with Crippen molar-refractivity contribution in [2.24, 2.45) is 0 Å². The maximum atomic E-state index is 8.86. The molecule has 0 saturated carbocycles. The second-order valence-corrected chi connectivity index (χ2v) is 4.93. The molecule has 0 aliphatic heterocycles. The van der Waals surface area contributed by atoms with Crippen molar-refractivity contribution in [1.29, 1.82) is 5.26 Å². The van der Waals surface area contributed by atoms with E-state index in [1.807, 2.05) is 68.4 Å². The Morgan fingerprint density at radius 3 is 2.60 bits per heavy atom. The van der Waals surface area contributed by atoms with Gasteiger partial charge in [-0.15, -0.1) is 0 Å². The molecule has 0 radical (unpaired) electrons. The second kappa shape index (κ2) is 6.12. The van der Waals surface area contributed by atoms with Gasteiger partial charge in [0.1, 0.15) is 12.4 Å². The van der Waals surface area contributed by atoms with E-state index in [4.69, 9.17) is 10.00 Å². The summed E-state index contributed by atoms with van der Waals surface area (Å²) in [4.78, 5) is 2.04. The van der Waals surface area contributed by atoms with E-state index in [2.05, 4.69) is 6.07 Å². The lowest BCUT2D eigenvalue weighted by molar-refractivity contribution is 0.305. The number of hydrogen-bond donors (Lipinski definition) is 0. The normalized spacial score (nSPS) is 9.90. The van der Waals surface area contributed by atoms with Gasteiger partial charge in [0.25, 0.3) is 0 Å². The number of nitriles is 1. The van der Waals surface area contributed by atoms with E-state index in [0.29, 0.717) is 12.2 Å². The molecule has 0 saturated heterocycles. The number of aryl methyl sites for hydroxylation is 1. The largest absolute Gasteiger partial charge is 0.489 e. The summed E-state index contributed by atoms with van der Waals surface area (Å²) in [5.74, 6) is 0.847. The van der Waals surface area contributed by atoms with Gasteiger partial charge >= 0.3 is 0 Å². The maximum absolute atomic E-state index is 8.86. The number of hydrogen-bond acceptors (Lipinski definition) is 3. The minimum Gasteiger partial charge on any atom is -0.489 e. The second-order valence-electron chi connectivity index (χ2n) is 4.93. The van der Waals surface area contributed by atoms with E-state index in [1.165, 1.54) is 0 Å². The molecule has 3 nitrogen and oxygen atoms in total. The van der Waals surface area contributed by atoms with E-state index < -0.39 is 0 Å². The molecule has 0 spiro atoms. The molecule has 0 unspecified atom stereocenters. The van der Waals surface area contributed by atoms with Gasteiger partial charge in [0.05, 0.1) is 11.6 Å². The van der Waals surface area contributed by atoms with Crippen LogP contribution in [0, 0.1) is 18.3 Å². The molecule has 2 rings (SSSR count). The molecule has 2 aromatic rings. The molecule has 102 valence electrons. The summed E-state index contributed by atoms with van der Waals surface area (Å²) in [6.45, 7) is 2.50. The fourth-order valence-corrected chi connectivity index (χ4v) is 1.94. The van der Waals surface area contributed by atoms with Crippen LogP contribution in [0.25, 0.3) is 0 Å². The highest BCUT2D eigenvalue weighted by Crippen LogP contribution is 2.21. The van der Waals surface area contributed by atoms with Crippen LogP contribution in [0.5, 0.6) is 5.75 Å². The summed E-state index contributed by atoms with van der Waals surface area (Å²) in [6.07, 6.45) is 0. The Balaban J connectivity index is 2.09.